The standard InChI is InChI=1S/C23H32F3N3O7S/c1-8-34-15(30)14-13-37-16(27-14)22(9-11-28(12-10-22)18(32)35-20(2,3)4)29(17(31)23(24,25)26)19(33)36-21(5,6)7/h13H,8-12H2,1-7H3. The first kappa shape index (κ1) is 30.3. The Morgan fingerprint density at radius 2 is 1.57 bits per heavy atom. The van der Waals surface area contributed by atoms with Crippen LogP contribution in [0, 0.1) is 0 Å². The van der Waals surface area contributed by atoms with Crippen molar-refractivity contribution in [3.8, 4) is 0 Å². The van der Waals surface area contributed by atoms with E-state index in [1.165, 1.54) is 31.1 Å². The molecule has 3 amide bonds. The van der Waals surface area contributed by atoms with Gasteiger partial charge in [0.15, 0.2) is 5.69 Å². The number of hydrogen-bond donors (Lipinski definition) is 0. The maximum Gasteiger partial charge on any atom is 0.471 e. The molecule has 2 rings (SSSR count). The molecule has 37 heavy (non-hydrogen) atoms. The van der Waals surface area contributed by atoms with Crippen LogP contribution in [0.3, 0.4) is 0 Å². The molecule has 1 aliphatic rings. The van der Waals surface area contributed by atoms with Crippen LogP contribution < -0.4 is 0 Å². The van der Waals surface area contributed by atoms with Crippen LogP contribution in [0.2, 0.25) is 0 Å². The van der Waals surface area contributed by atoms with Gasteiger partial charge >= 0.3 is 30.2 Å². The van der Waals surface area contributed by atoms with Crippen LogP contribution in [-0.4, -0.2) is 75.9 Å². The van der Waals surface area contributed by atoms with Crippen LogP contribution in [0.4, 0.5) is 22.8 Å². The summed E-state index contributed by atoms with van der Waals surface area (Å²) in [6, 6.07) is 0. The number of ether oxygens (including phenoxy) is 3. The number of halogens is 3. The molecule has 0 saturated carbocycles. The number of thiazole rings is 1. The van der Waals surface area contributed by atoms with E-state index >= 15 is 0 Å². The highest BCUT2D eigenvalue weighted by molar-refractivity contribution is 7.10. The molecule has 0 N–H and O–H groups in total. The summed E-state index contributed by atoms with van der Waals surface area (Å²) in [5.41, 5.74) is -4.18. The molecule has 1 aromatic heterocycles. The van der Waals surface area contributed by atoms with Crippen molar-refractivity contribution in [3.63, 3.8) is 0 Å². The number of carbonyl (C=O) groups excluding carboxylic acids is 4. The monoisotopic (exact) mass is 551 g/mol. The topological polar surface area (TPSA) is 115 Å². The summed E-state index contributed by atoms with van der Waals surface area (Å²) in [6.07, 6.45) is -8.24. The van der Waals surface area contributed by atoms with Crippen LogP contribution in [0.1, 0.15) is 76.8 Å². The first-order valence-electron chi connectivity index (χ1n) is 11.6. The molecule has 14 heteroatoms. The number of imide groups is 1. The third kappa shape index (κ3) is 7.55. The maximum atomic E-state index is 13.8. The molecule has 0 aliphatic carbocycles. The van der Waals surface area contributed by atoms with Crippen molar-refractivity contribution in [1.29, 1.82) is 0 Å². The Morgan fingerprint density at radius 1 is 1.03 bits per heavy atom. The average Bonchev–Trinajstić information content (AvgIpc) is 3.22. The van der Waals surface area contributed by atoms with Crippen LogP contribution in [0.25, 0.3) is 0 Å². The molecule has 1 aromatic rings. The van der Waals surface area contributed by atoms with Crippen LogP contribution >= 0.6 is 11.3 Å². The largest absolute Gasteiger partial charge is 0.471 e. The molecule has 0 radical (unpaired) electrons. The number of piperidine rings is 1. The molecule has 10 nitrogen and oxygen atoms in total. The molecule has 1 aliphatic heterocycles. The first-order chi connectivity index (χ1) is 16.8. The minimum absolute atomic E-state index is 0.0262. The van der Waals surface area contributed by atoms with Gasteiger partial charge in [-0.15, -0.1) is 11.3 Å². The molecule has 1 fully saturated rings. The molecule has 0 atom stereocenters. The number of amides is 3. The number of rotatable bonds is 4. The van der Waals surface area contributed by atoms with E-state index in [0.29, 0.717) is 0 Å². The van der Waals surface area contributed by atoms with Crippen LogP contribution in [0.5, 0.6) is 0 Å². The number of likely N-dealkylation sites (tertiary alicyclic amines) is 1. The summed E-state index contributed by atoms with van der Waals surface area (Å²) >= 11 is 0.805. The van der Waals surface area contributed by atoms with E-state index in [9.17, 15) is 32.3 Å². The Bertz CT molecular complexity index is 1020. The summed E-state index contributed by atoms with van der Waals surface area (Å²) in [5.74, 6) is -3.25. The van der Waals surface area contributed by atoms with Gasteiger partial charge in [0.1, 0.15) is 21.7 Å². The molecule has 0 bridgehead atoms. The Balaban J connectivity index is 2.60. The highest BCUT2D eigenvalue weighted by Gasteiger charge is 2.57. The van der Waals surface area contributed by atoms with Gasteiger partial charge in [0, 0.05) is 18.5 Å². The van der Waals surface area contributed by atoms with Gasteiger partial charge in [-0.2, -0.15) is 13.2 Å². The smallest absolute Gasteiger partial charge is 0.461 e. The van der Waals surface area contributed by atoms with E-state index in [0.717, 1.165) is 11.3 Å². The lowest BCUT2D eigenvalue weighted by Gasteiger charge is -2.46. The Labute approximate surface area is 217 Å². The van der Waals surface area contributed by atoms with E-state index in [2.05, 4.69) is 4.98 Å². The Kier molecular flexibility index (Phi) is 8.88. The number of aromatic nitrogens is 1. The van der Waals surface area contributed by atoms with E-state index in [-0.39, 0.29) is 48.1 Å². The van der Waals surface area contributed by atoms with E-state index < -0.39 is 47.0 Å². The van der Waals surface area contributed by atoms with Gasteiger partial charge in [0.2, 0.25) is 0 Å². The number of alkyl halides is 3. The zero-order valence-corrected chi connectivity index (χ0v) is 22.7. The summed E-state index contributed by atoms with van der Waals surface area (Å²) < 4.78 is 56.8. The van der Waals surface area contributed by atoms with Crippen molar-refractivity contribution in [2.24, 2.45) is 0 Å². The SMILES string of the molecule is CCOC(=O)c1csc(C2(N(C(=O)OC(C)(C)C)C(=O)C(F)(F)F)CCN(C(=O)OC(C)(C)C)CC2)n1. The molecule has 208 valence electrons. The van der Waals surface area contributed by atoms with E-state index in [4.69, 9.17) is 14.2 Å². The highest BCUT2D eigenvalue weighted by atomic mass is 32.1. The van der Waals surface area contributed by atoms with Gasteiger partial charge in [0.25, 0.3) is 0 Å². The molecule has 2 heterocycles. The lowest BCUT2D eigenvalue weighted by atomic mass is 9.86. The van der Waals surface area contributed by atoms with Gasteiger partial charge in [0.05, 0.1) is 6.61 Å². The predicted molar refractivity (Wildman–Crippen MR) is 126 cm³/mol. The molecular formula is C23H32F3N3O7S. The van der Waals surface area contributed by atoms with Crippen LogP contribution in [-0.2, 0) is 24.5 Å². The van der Waals surface area contributed by atoms with Gasteiger partial charge in [-0.05, 0) is 61.3 Å². The predicted octanol–water partition coefficient (Wildman–Crippen LogP) is 4.87. The summed E-state index contributed by atoms with van der Waals surface area (Å²) in [6.45, 7) is 10.6. The fourth-order valence-corrected chi connectivity index (χ4v) is 4.63. The Hall–Kier alpha value is -2.90. The molecular weight excluding hydrogens is 519 g/mol. The number of hydrogen-bond acceptors (Lipinski definition) is 9. The Morgan fingerprint density at radius 3 is 2.03 bits per heavy atom. The van der Waals surface area contributed by atoms with Crippen molar-refractivity contribution in [1.82, 2.24) is 14.8 Å². The number of nitrogens with zero attached hydrogens (tertiary/aromatic N) is 3. The second kappa shape index (κ2) is 10.8. The van der Waals surface area contributed by atoms with Crippen molar-refractivity contribution in [3.05, 3.63) is 16.1 Å². The summed E-state index contributed by atoms with van der Waals surface area (Å²) in [5, 5.41) is 1.18. The summed E-state index contributed by atoms with van der Waals surface area (Å²) in [7, 11) is 0. The number of esters is 1. The lowest BCUT2D eigenvalue weighted by molar-refractivity contribution is -0.191. The quantitative estimate of drug-likeness (QED) is 0.385. The second-order valence-corrected chi connectivity index (χ2v) is 11.2. The minimum atomic E-state index is -5.42. The van der Waals surface area contributed by atoms with Gasteiger partial charge in [-0.3, -0.25) is 4.79 Å². The molecule has 0 unspecified atom stereocenters. The maximum absolute atomic E-state index is 13.8. The number of carbonyl (C=O) groups is 4. The normalized spacial score (nSPS) is 16.1. The molecule has 1 saturated heterocycles. The van der Waals surface area contributed by atoms with E-state index in [1.807, 2.05) is 0 Å². The molecule has 0 spiro atoms. The highest BCUT2D eigenvalue weighted by Crippen LogP contribution is 2.43. The van der Waals surface area contributed by atoms with Crippen molar-refractivity contribution < 1.29 is 46.6 Å². The zero-order chi connectivity index (χ0) is 28.4. The molecule has 0 aromatic carbocycles. The zero-order valence-electron chi connectivity index (χ0n) is 21.9. The fraction of sp³-hybridized carbons (Fsp3) is 0.696. The fourth-order valence-electron chi connectivity index (χ4n) is 3.59. The van der Waals surface area contributed by atoms with Gasteiger partial charge in [-0.1, -0.05) is 0 Å². The second-order valence-electron chi connectivity index (χ2n) is 10.4. The van der Waals surface area contributed by atoms with Crippen molar-refractivity contribution in [2.45, 2.75) is 84.2 Å². The van der Waals surface area contributed by atoms with E-state index in [1.54, 1.807) is 27.7 Å². The third-order valence-electron chi connectivity index (χ3n) is 5.08. The van der Waals surface area contributed by atoms with Gasteiger partial charge < -0.3 is 19.1 Å². The average molecular weight is 552 g/mol. The van der Waals surface area contributed by atoms with Crippen molar-refractivity contribution in [2.75, 3.05) is 19.7 Å². The minimum Gasteiger partial charge on any atom is -0.461 e. The lowest BCUT2D eigenvalue weighted by Crippen LogP contribution is -2.61. The summed E-state index contributed by atoms with van der Waals surface area (Å²) in [4.78, 5) is 56.1. The van der Waals surface area contributed by atoms with Gasteiger partial charge in [-0.25, -0.2) is 24.3 Å². The first-order valence-corrected chi connectivity index (χ1v) is 12.4. The third-order valence-corrected chi connectivity index (χ3v) is 6.11. The van der Waals surface area contributed by atoms with Crippen LogP contribution in [0.15, 0.2) is 5.38 Å². The van der Waals surface area contributed by atoms with Crippen molar-refractivity contribution >= 4 is 35.4 Å².